The maximum atomic E-state index is 11.7. The third-order valence-corrected chi connectivity index (χ3v) is 3.25. The van der Waals surface area contributed by atoms with E-state index < -0.39 is 12.1 Å². The van der Waals surface area contributed by atoms with Crippen molar-refractivity contribution in [2.75, 3.05) is 7.11 Å². The number of esters is 1. The molecule has 0 saturated heterocycles. The first kappa shape index (κ1) is 17.4. The zero-order valence-electron chi connectivity index (χ0n) is 13.9. The standard InChI is InChI=1S/C18H26O3/c1-12(2)21-16(13(3)17(19)20-7)14-8-10-15(11-9-14)18(4,5)6/h8-12,16H,3H2,1-2,4-7H3. The molecule has 0 radical (unpaired) electrons. The van der Waals surface area contributed by atoms with Gasteiger partial charge in [-0.15, -0.1) is 0 Å². The van der Waals surface area contributed by atoms with Crippen LogP contribution in [0.4, 0.5) is 0 Å². The Morgan fingerprint density at radius 1 is 1.14 bits per heavy atom. The van der Waals surface area contributed by atoms with E-state index in [0.29, 0.717) is 5.57 Å². The molecule has 0 amide bonds. The topological polar surface area (TPSA) is 35.5 Å². The fraction of sp³-hybridized carbons (Fsp3) is 0.500. The Bertz CT molecular complexity index is 492. The van der Waals surface area contributed by atoms with E-state index in [2.05, 4.69) is 39.5 Å². The number of carbonyl (C=O) groups is 1. The summed E-state index contributed by atoms with van der Waals surface area (Å²) in [4.78, 5) is 11.7. The lowest BCUT2D eigenvalue weighted by Gasteiger charge is -2.24. The van der Waals surface area contributed by atoms with Crippen molar-refractivity contribution < 1.29 is 14.3 Å². The lowest BCUT2D eigenvalue weighted by atomic mass is 9.86. The molecule has 1 unspecified atom stereocenters. The molecule has 3 heteroatoms. The highest BCUT2D eigenvalue weighted by atomic mass is 16.5. The summed E-state index contributed by atoms with van der Waals surface area (Å²) in [7, 11) is 1.35. The Morgan fingerprint density at radius 3 is 2.05 bits per heavy atom. The van der Waals surface area contributed by atoms with Crippen LogP contribution in [-0.4, -0.2) is 19.2 Å². The molecule has 0 aromatic heterocycles. The van der Waals surface area contributed by atoms with Crippen molar-refractivity contribution in [3.8, 4) is 0 Å². The molecule has 0 spiro atoms. The van der Waals surface area contributed by atoms with Gasteiger partial charge in [0.05, 0.1) is 18.8 Å². The van der Waals surface area contributed by atoms with Crippen molar-refractivity contribution in [3.05, 3.63) is 47.5 Å². The highest BCUT2D eigenvalue weighted by molar-refractivity contribution is 5.89. The van der Waals surface area contributed by atoms with E-state index in [4.69, 9.17) is 9.47 Å². The molecule has 116 valence electrons. The Hall–Kier alpha value is -1.61. The van der Waals surface area contributed by atoms with Crippen LogP contribution in [0.1, 0.15) is 51.8 Å². The molecule has 0 heterocycles. The van der Waals surface area contributed by atoms with Crippen molar-refractivity contribution in [1.29, 1.82) is 0 Å². The quantitative estimate of drug-likeness (QED) is 0.603. The molecule has 3 nitrogen and oxygen atoms in total. The van der Waals surface area contributed by atoms with E-state index in [9.17, 15) is 4.79 Å². The molecule has 1 aromatic rings. The Labute approximate surface area is 128 Å². The highest BCUT2D eigenvalue weighted by Crippen LogP contribution is 2.29. The summed E-state index contributed by atoms with van der Waals surface area (Å²) in [6, 6.07) is 8.11. The number of hydrogen-bond donors (Lipinski definition) is 0. The van der Waals surface area contributed by atoms with E-state index in [1.807, 2.05) is 26.0 Å². The number of hydrogen-bond acceptors (Lipinski definition) is 3. The van der Waals surface area contributed by atoms with Crippen molar-refractivity contribution in [3.63, 3.8) is 0 Å². The molecule has 0 aliphatic rings. The number of carbonyl (C=O) groups excluding carboxylic acids is 1. The summed E-state index contributed by atoms with van der Waals surface area (Å²) in [6.45, 7) is 14.2. The number of rotatable bonds is 5. The Kier molecular flexibility index (Phi) is 5.73. The summed E-state index contributed by atoms with van der Waals surface area (Å²) in [5, 5.41) is 0. The van der Waals surface area contributed by atoms with E-state index in [1.165, 1.54) is 12.7 Å². The minimum absolute atomic E-state index is 0.0151. The van der Waals surface area contributed by atoms with Crippen LogP contribution in [0.5, 0.6) is 0 Å². The van der Waals surface area contributed by atoms with Crippen LogP contribution in [0.2, 0.25) is 0 Å². The van der Waals surface area contributed by atoms with Gasteiger partial charge in [0.1, 0.15) is 6.10 Å². The Morgan fingerprint density at radius 2 is 1.67 bits per heavy atom. The lowest BCUT2D eigenvalue weighted by Crippen LogP contribution is -2.19. The Balaban J connectivity index is 3.09. The van der Waals surface area contributed by atoms with Gasteiger partial charge in [-0.3, -0.25) is 0 Å². The average Bonchev–Trinajstić information content (AvgIpc) is 2.42. The average molecular weight is 290 g/mol. The maximum Gasteiger partial charge on any atom is 0.336 e. The van der Waals surface area contributed by atoms with Gasteiger partial charge in [0.2, 0.25) is 0 Å². The van der Waals surface area contributed by atoms with Crippen LogP contribution in [0.15, 0.2) is 36.4 Å². The molecule has 0 aliphatic heterocycles. The van der Waals surface area contributed by atoms with Crippen LogP contribution >= 0.6 is 0 Å². The van der Waals surface area contributed by atoms with Gasteiger partial charge < -0.3 is 9.47 Å². The molecule has 0 aliphatic carbocycles. The summed E-state index contributed by atoms with van der Waals surface area (Å²) in [5.41, 5.74) is 2.55. The molecule has 0 saturated carbocycles. The van der Waals surface area contributed by atoms with Crippen LogP contribution in [-0.2, 0) is 19.7 Å². The van der Waals surface area contributed by atoms with Gasteiger partial charge in [0.15, 0.2) is 0 Å². The highest BCUT2D eigenvalue weighted by Gasteiger charge is 2.24. The number of methoxy groups -OCH3 is 1. The lowest BCUT2D eigenvalue weighted by molar-refractivity contribution is -0.138. The first-order valence-corrected chi connectivity index (χ1v) is 7.19. The predicted molar refractivity (Wildman–Crippen MR) is 85.3 cm³/mol. The van der Waals surface area contributed by atoms with E-state index in [-0.39, 0.29) is 11.5 Å². The van der Waals surface area contributed by atoms with Gasteiger partial charge in [0, 0.05) is 0 Å². The van der Waals surface area contributed by atoms with Gasteiger partial charge in [-0.05, 0) is 30.4 Å². The monoisotopic (exact) mass is 290 g/mol. The maximum absolute atomic E-state index is 11.7. The summed E-state index contributed by atoms with van der Waals surface area (Å²) < 4.78 is 10.6. The van der Waals surface area contributed by atoms with Gasteiger partial charge in [-0.25, -0.2) is 4.79 Å². The molecule has 1 aromatic carbocycles. The van der Waals surface area contributed by atoms with Crippen molar-refractivity contribution in [2.24, 2.45) is 0 Å². The van der Waals surface area contributed by atoms with Gasteiger partial charge in [0.25, 0.3) is 0 Å². The largest absolute Gasteiger partial charge is 0.466 e. The second-order valence-corrected chi connectivity index (χ2v) is 6.45. The van der Waals surface area contributed by atoms with Gasteiger partial charge in [-0.1, -0.05) is 51.6 Å². The molecule has 0 bridgehead atoms. The second kappa shape index (κ2) is 6.90. The summed E-state index contributed by atoms with van der Waals surface area (Å²) in [5.74, 6) is -0.444. The number of ether oxygens (including phenoxy) is 2. The third-order valence-electron chi connectivity index (χ3n) is 3.25. The number of benzene rings is 1. The van der Waals surface area contributed by atoms with Crippen molar-refractivity contribution in [2.45, 2.75) is 52.2 Å². The zero-order valence-corrected chi connectivity index (χ0v) is 13.9. The SMILES string of the molecule is C=C(C(=O)OC)C(OC(C)C)c1ccc(C(C)(C)C)cc1. The minimum atomic E-state index is -0.480. The molecule has 0 fully saturated rings. The predicted octanol–water partition coefficient (Wildman–Crippen LogP) is 4.18. The van der Waals surface area contributed by atoms with Gasteiger partial charge in [-0.2, -0.15) is 0 Å². The van der Waals surface area contributed by atoms with Crippen LogP contribution < -0.4 is 0 Å². The minimum Gasteiger partial charge on any atom is -0.466 e. The molecular formula is C18H26O3. The molecule has 1 rings (SSSR count). The van der Waals surface area contributed by atoms with Crippen LogP contribution in [0.25, 0.3) is 0 Å². The van der Waals surface area contributed by atoms with E-state index in [0.717, 1.165) is 5.56 Å². The molecule has 21 heavy (non-hydrogen) atoms. The first-order chi connectivity index (χ1) is 9.66. The fourth-order valence-electron chi connectivity index (χ4n) is 2.03. The molecule has 0 N–H and O–H groups in total. The second-order valence-electron chi connectivity index (χ2n) is 6.45. The molecular weight excluding hydrogens is 264 g/mol. The van der Waals surface area contributed by atoms with Crippen LogP contribution in [0, 0.1) is 0 Å². The van der Waals surface area contributed by atoms with Crippen molar-refractivity contribution in [1.82, 2.24) is 0 Å². The smallest absolute Gasteiger partial charge is 0.336 e. The fourth-order valence-corrected chi connectivity index (χ4v) is 2.03. The normalized spacial score (nSPS) is 13.1. The third kappa shape index (κ3) is 4.71. The van der Waals surface area contributed by atoms with Crippen molar-refractivity contribution >= 4 is 5.97 Å². The molecule has 1 atom stereocenters. The first-order valence-electron chi connectivity index (χ1n) is 7.19. The summed E-state index contributed by atoms with van der Waals surface area (Å²) >= 11 is 0. The van der Waals surface area contributed by atoms with E-state index >= 15 is 0 Å². The van der Waals surface area contributed by atoms with Crippen LogP contribution in [0.3, 0.4) is 0 Å². The van der Waals surface area contributed by atoms with Gasteiger partial charge >= 0.3 is 5.97 Å². The summed E-state index contributed by atoms with van der Waals surface area (Å²) in [6.07, 6.45) is -0.495. The van der Waals surface area contributed by atoms with E-state index in [1.54, 1.807) is 0 Å². The zero-order chi connectivity index (χ0) is 16.2.